The summed E-state index contributed by atoms with van der Waals surface area (Å²) in [5.41, 5.74) is 0. The standard InChI is InChI=1S/C11H18O8/c1-5(12)17-4-7-10(18-6(2)13)8(14)9(15)11(16-3)19-7/h7-11,14-15H,4H2,1-3H3/t7-,8-,9-,10+,11-/m1/s1. The van der Waals surface area contributed by atoms with Gasteiger partial charge in [0.25, 0.3) is 0 Å². The van der Waals surface area contributed by atoms with E-state index in [1.54, 1.807) is 0 Å². The monoisotopic (exact) mass is 278 g/mol. The van der Waals surface area contributed by atoms with Crippen molar-refractivity contribution in [2.24, 2.45) is 0 Å². The molecule has 0 aromatic heterocycles. The molecule has 1 fully saturated rings. The highest BCUT2D eigenvalue weighted by molar-refractivity contribution is 5.66. The van der Waals surface area contributed by atoms with Crippen molar-refractivity contribution in [3.63, 3.8) is 0 Å². The average Bonchev–Trinajstić information content (AvgIpc) is 2.33. The van der Waals surface area contributed by atoms with E-state index >= 15 is 0 Å². The lowest BCUT2D eigenvalue weighted by Gasteiger charge is -2.40. The molecule has 0 aromatic carbocycles. The van der Waals surface area contributed by atoms with Crippen molar-refractivity contribution in [3.8, 4) is 0 Å². The van der Waals surface area contributed by atoms with Crippen molar-refractivity contribution in [2.45, 2.75) is 44.6 Å². The van der Waals surface area contributed by atoms with Crippen LogP contribution in [-0.2, 0) is 28.5 Å². The second kappa shape index (κ2) is 6.80. The van der Waals surface area contributed by atoms with Crippen LogP contribution >= 0.6 is 0 Å². The Bertz CT molecular complexity index is 331. The van der Waals surface area contributed by atoms with Crippen LogP contribution in [0.3, 0.4) is 0 Å². The van der Waals surface area contributed by atoms with E-state index in [-0.39, 0.29) is 6.61 Å². The second-order valence-corrected chi connectivity index (χ2v) is 4.14. The lowest BCUT2D eigenvalue weighted by Crippen LogP contribution is -2.60. The summed E-state index contributed by atoms with van der Waals surface area (Å²) >= 11 is 0. The maximum absolute atomic E-state index is 11.0. The van der Waals surface area contributed by atoms with E-state index in [1.165, 1.54) is 14.0 Å². The van der Waals surface area contributed by atoms with Gasteiger partial charge in [-0.1, -0.05) is 0 Å². The third-order valence-corrected chi connectivity index (χ3v) is 2.63. The summed E-state index contributed by atoms with van der Waals surface area (Å²) in [5.74, 6) is -1.19. The molecule has 0 bridgehead atoms. The Balaban J connectivity index is 2.79. The van der Waals surface area contributed by atoms with Crippen LogP contribution in [0.1, 0.15) is 13.8 Å². The number of esters is 2. The Morgan fingerprint density at radius 2 is 1.79 bits per heavy atom. The second-order valence-electron chi connectivity index (χ2n) is 4.14. The molecule has 0 radical (unpaired) electrons. The van der Waals surface area contributed by atoms with Gasteiger partial charge in [0.1, 0.15) is 24.9 Å². The maximum Gasteiger partial charge on any atom is 0.303 e. The highest BCUT2D eigenvalue weighted by Gasteiger charge is 2.47. The largest absolute Gasteiger partial charge is 0.463 e. The lowest BCUT2D eigenvalue weighted by atomic mass is 9.99. The normalized spacial score (nSPS) is 34.7. The topological polar surface area (TPSA) is 112 Å². The molecular weight excluding hydrogens is 260 g/mol. The summed E-state index contributed by atoms with van der Waals surface area (Å²) in [6, 6.07) is 0. The molecular formula is C11H18O8. The lowest BCUT2D eigenvalue weighted by molar-refractivity contribution is -0.297. The van der Waals surface area contributed by atoms with Gasteiger partial charge in [0, 0.05) is 21.0 Å². The molecule has 0 unspecified atom stereocenters. The molecule has 8 heteroatoms. The zero-order valence-corrected chi connectivity index (χ0v) is 10.9. The molecule has 2 N–H and O–H groups in total. The van der Waals surface area contributed by atoms with Crippen LogP contribution in [-0.4, -0.2) is 66.6 Å². The van der Waals surface area contributed by atoms with Gasteiger partial charge in [-0.15, -0.1) is 0 Å². The fraction of sp³-hybridized carbons (Fsp3) is 0.818. The van der Waals surface area contributed by atoms with Crippen LogP contribution in [0.2, 0.25) is 0 Å². The van der Waals surface area contributed by atoms with Crippen molar-refractivity contribution in [1.29, 1.82) is 0 Å². The van der Waals surface area contributed by atoms with Crippen molar-refractivity contribution < 1.29 is 38.7 Å². The Morgan fingerprint density at radius 1 is 1.16 bits per heavy atom. The number of carbonyl (C=O) groups is 2. The summed E-state index contributed by atoms with van der Waals surface area (Å²) in [6.45, 7) is 2.14. The predicted molar refractivity (Wildman–Crippen MR) is 59.9 cm³/mol. The third-order valence-electron chi connectivity index (χ3n) is 2.63. The first-order valence-electron chi connectivity index (χ1n) is 5.71. The molecule has 5 atom stereocenters. The molecule has 1 aliphatic heterocycles. The minimum atomic E-state index is -1.40. The van der Waals surface area contributed by atoms with E-state index < -0.39 is 42.6 Å². The van der Waals surface area contributed by atoms with Gasteiger partial charge in [-0.3, -0.25) is 9.59 Å². The van der Waals surface area contributed by atoms with Crippen molar-refractivity contribution in [3.05, 3.63) is 0 Å². The van der Waals surface area contributed by atoms with Gasteiger partial charge in [0.2, 0.25) is 0 Å². The number of aliphatic hydroxyl groups excluding tert-OH is 2. The molecule has 0 spiro atoms. The van der Waals surface area contributed by atoms with Gasteiger partial charge in [-0.25, -0.2) is 0 Å². The molecule has 1 heterocycles. The summed E-state index contributed by atoms with van der Waals surface area (Å²) in [6.07, 6.45) is -5.93. The number of hydrogen-bond acceptors (Lipinski definition) is 8. The molecule has 19 heavy (non-hydrogen) atoms. The molecule has 1 rings (SSSR count). The first-order chi connectivity index (χ1) is 8.86. The molecule has 8 nitrogen and oxygen atoms in total. The van der Waals surface area contributed by atoms with E-state index in [2.05, 4.69) is 0 Å². The highest BCUT2D eigenvalue weighted by atomic mass is 16.7. The van der Waals surface area contributed by atoms with Crippen molar-refractivity contribution in [2.75, 3.05) is 13.7 Å². The Labute approximate surface area is 110 Å². The zero-order valence-electron chi connectivity index (χ0n) is 10.9. The van der Waals surface area contributed by atoms with Crippen LogP contribution in [0.5, 0.6) is 0 Å². The SMILES string of the molecule is CO[C@@H]1O[C@H](COC(C)=O)[C@H](OC(C)=O)[C@H](O)[C@H]1O. The van der Waals surface area contributed by atoms with E-state index in [4.69, 9.17) is 18.9 Å². The number of carbonyl (C=O) groups excluding carboxylic acids is 2. The van der Waals surface area contributed by atoms with Crippen LogP contribution in [0.15, 0.2) is 0 Å². The number of rotatable bonds is 4. The van der Waals surface area contributed by atoms with Gasteiger partial charge in [0.15, 0.2) is 12.4 Å². The summed E-state index contributed by atoms with van der Waals surface area (Å²) < 4.78 is 19.8. The fourth-order valence-corrected chi connectivity index (χ4v) is 1.77. The smallest absolute Gasteiger partial charge is 0.303 e. The van der Waals surface area contributed by atoms with E-state index in [0.717, 1.165) is 6.92 Å². The molecule has 0 saturated carbocycles. The van der Waals surface area contributed by atoms with Crippen molar-refractivity contribution >= 4 is 11.9 Å². The van der Waals surface area contributed by atoms with Gasteiger partial charge in [0.05, 0.1) is 0 Å². The molecule has 110 valence electrons. The third kappa shape index (κ3) is 4.13. The minimum absolute atomic E-state index is 0.225. The molecule has 0 amide bonds. The van der Waals surface area contributed by atoms with E-state index in [0.29, 0.717) is 0 Å². The summed E-state index contributed by atoms with van der Waals surface area (Å²) in [5, 5.41) is 19.6. The molecule has 0 aliphatic carbocycles. The molecule has 0 aromatic rings. The van der Waals surface area contributed by atoms with Crippen LogP contribution in [0.25, 0.3) is 0 Å². The summed E-state index contributed by atoms with van der Waals surface area (Å²) in [7, 11) is 1.29. The quantitative estimate of drug-likeness (QED) is 0.602. The predicted octanol–water partition coefficient (Wildman–Crippen LogP) is -1.43. The maximum atomic E-state index is 11.0. The van der Waals surface area contributed by atoms with Crippen LogP contribution in [0.4, 0.5) is 0 Å². The Hall–Kier alpha value is -1.22. The van der Waals surface area contributed by atoms with Gasteiger partial charge < -0.3 is 29.2 Å². The minimum Gasteiger partial charge on any atom is -0.463 e. The highest BCUT2D eigenvalue weighted by Crippen LogP contribution is 2.24. The summed E-state index contributed by atoms with van der Waals surface area (Å²) in [4.78, 5) is 21.8. The molecule has 1 saturated heterocycles. The van der Waals surface area contributed by atoms with E-state index in [9.17, 15) is 19.8 Å². The van der Waals surface area contributed by atoms with Gasteiger partial charge >= 0.3 is 11.9 Å². The Kier molecular flexibility index (Phi) is 5.67. The molecule has 1 aliphatic rings. The zero-order chi connectivity index (χ0) is 14.6. The number of ether oxygens (including phenoxy) is 4. The number of aliphatic hydroxyl groups is 2. The first kappa shape index (κ1) is 15.8. The van der Waals surface area contributed by atoms with E-state index in [1.807, 2.05) is 0 Å². The number of methoxy groups -OCH3 is 1. The van der Waals surface area contributed by atoms with Crippen molar-refractivity contribution in [1.82, 2.24) is 0 Å². The van der Waals surface area contributed by atoms with Crippen LogP contribution < -0.4 is 0 Å². The van der Waals surface area contributed by atoms with Gasteiger partial charge in [-0.2, -0.15) is 0 Å². The Morgan fingerprint density at radius 3 is 2.26 bits per heavy atom. The first-order valence-corrected chi connectivity index (χ1v) is 5.71. The fourth-order valence-electron chi connectivity index (χ4n) is 1.77. The average molecular weight is 278 g/mol. The van der Waals surface area contributed by atoms with Gasteiger partial charge in [-0.05, 0) is 0 Å². The van der Waals surface area contributed by atoms with Crippen LogP contribution in [0, 0.1) is 0 Å². The number of hydrogen-bond donors (Lipinski definition) is 2.